The largest absolute Gasteiger partial charge is 0.355 e. The van der Waals surface area contributed by atoms with Crippen LogP contribution in [-0.4, -0.2) is 34.3 Å². The normalized spacial score (nSPS) is 11.1. The predicted molar refractivity (Wildman–Crippen MR) is 111 cm³/mol. The fourth-order valence-corrected chi connectivity index (χ4v) is 2.89. The van der Waals surface area contributed by atoms with Crippen molar-refractivity contribution < 1.29 is 9.59 Å². The van der Waals surface area contributed by atoms with Crippen molar-refractivity contribution in [3.63, 3.8) is 0 Å². The topological polar surface area (TPSA) is 75.5 Å². The summed E-state index contributed by atoms with van der Waals surface area (Å²) in [7, 11) is 0. The average Bonchev–Trinajstić information content (AvgIpc) is 3.01. The van der Waals surface area contributed by atoms with E-state index in [4.69, 9.17) is 4.98 Å². The van der Waals surface area contributed by atoms with E-state index in [9.17, 15) is 9.59 Å². The van der Waals surface area contributed by atoms with Gasteiger partial charge in [0, 0.05) is 37.8 Å². The van der Waals surface area contributed by atoms with Crippen molar-refractivity contribution in [2.24, 2.45) is 0 Å². The van der Waals surface area contributed by atoms with Gasteiger partial charge in [-0.3, -0.25) is 14.0 Å². The Hall–Kier alpha value is -3.41. The Labute approximate surface area is 164 Å². The van der Waals surface area contributed by atoms with Crippen LogP contribution in [0.4, 0.5) is 0 Å². The summed E-state index contributed by atoms with van der Waals surface area (Å²) >= 11 is 0. The number of nitrogens with one attached hydrogen (secondary N) is 2. The fraction of sp³-hybridized carbons (Fsp3) is 0.227. The highest BCUT2D eigenvalue weighted by Crippen LogP contribution is 2.26. The summed E-state index contributed by atoms with van der Waals surface area (Å²) in [5, 5.41) is 5.40. The fourth-order valence-electron chi connectivity index (χ4n) is 2.89. The molecule has 2 N–H and O–H groups in total. The van der Waals surface area contributed by atoms with Gasteiger partial charge in [-0.05, 0) is 37.6 Å². The molecule has 0 bridgehead atoms. The number of pyridine rings is 1. The Morgan fingerprint density at radius 1 is 1.04 bits per heavy atom. The maximum Gasteiger partial charge on any atom is 0.244 e. The molecule has 2 amide bonds. The summed E-state index contributed by atoms with van der Waals surface area (Å²) in [5.74, 6) is -0.337. The van der Waals surface area contributed by atoms with Gasteiger partial charge in [0.2, 0.25) is 11.8 Å². The number of fused-ring (bicyclic) bond motifs is 1. The molecule has 0 unspecified atom stereocenters. The average molecular weight is 376 g/mol. The first kappa shape index (κ1) is 19.4. The van der Waals surface area contributed by atoms with E-state index in [-0.39, 0.29) is 11.8 Å². The molecule has 0 aliphatic carbocycles. The van der Waals surface area contributed by atoms with Crippen LogP contribution in [0.25, 0.3) is 23.0 Å². The minimum atomic E-state index is -0.220. The van der Waals surface area contributed by atoms with Gasteiger partial charge in [-0.2, -0.15) is 0 Å². The van der Waals surface area contributed by atoms with E-state index >= 15 is 0 Å². The number of aromatic nitrogens is 2. The standard InChI is InChI=1S/C22H24N4O2/c1-15-4-6-18(7-5-15)22-19(26-13-10-16(2)14-20(26)25-22)8-9-21(28)24-12-11-23-17(3)27/h4-10,13-14H,11-12H2,1-3H3,(H,23,27)(H,24,28)/b9-8+. The second-order valence-corrected chi connectivity index (χ2v) is 6.75. The molecule has 2 heterocycles. The molecule has 3 aromatic rings. The smallest absolute Gasteiger partial charge is 0.244 e. The van der Waals surface area contributed by atoms with Gasteiger partial charge >= 0.3 is 0 Å². The zero-order chi connectivity index (χ0) is 20.1. The lowest BCUT2D eigenvalue weighted by molar-refractivity contribution is -0.119. The zero-order valence-electron chi connectivity index (χ0n) is 16.3. The van der Waals surface area contributed by atoms with Crippen molar-refractivity contribution >= 4 is 23.5 Å². The van der Waals surface area contributed by atoms with Crippen molar-refractivity contribution in [2.75, 3.05) is 13.1 Å². The highest BCUT2D eigenvalue weighted by Gasteiger charge is 2.12. The number of aryl methyl sites for hydroxylation is 2. The molecule has 6 nitrogen and oxygen atoms in total. The summed E-state index contributed by atoms with van der Waals surface area (Å²) in [4.78, 5) is 27.8. The van der Waals surface area contributed by atoms with Gasteiger partial charge < -0.3 is 10.6 Å². The molecule has 3 rings (SSSR count). The van der Waals surface area contributed by atoms with Gasteiger partial charge in [-0.1, -0.05) is 29.8 Å². The van der Waals surface area contributed by atoms with Crippen molar-refractivity contribution in [1.29, 1.82) is 0 Å². The number of rotatable bonds is 6. The SMILES string of the molecule is CC(=O)NCCNC(=O)/C=C/c1c(-c2ccc(C)cc2)nc2cc(C)ccn12. The number of nitrogens with zero attached hydrogens (tertiary/aromatic N) is 2. The molecular formula is C22H24N4O2. The minimum absolute atomic E-state index is 0.117. The second-order valence-electron chi connectivity index (χ2n) is 6.75. The number of amides is 2. The molecule has 0 aliphatic rings. The lowest BCUT2D eigenvalue weighted by Gasteiger charge is -2.04. The first-order valence-electron chi connectivity index (χ1n) is 9.20. The first-order chi connectivity index (χ1) is 13.4. The van der Waals surface area contributed by atoms with Gasteiger partial charge in [-0.15, -0.1) is 0 Å². The quantitative estimate of drug-likeness (QED) is 0.513. The predicted octanol–water partition coefficient (Wildman–Crippen LogP) is 2.88. The highest BCUT2D eigenvalue weighted by atomic mass is 16.2. The van der Waals surface area contributed by atoms with E-state index in [1.165, 1.54) is 18.6 Å². The van der Waals surface area contributed by atoms with Crippen LogP contribution >= 0.6 is 0 Å². The van der Waals surface area contributed by atoms with Gasteiger partial charge in [0.25, 0.3) is 0 Å². The summed E-state index contributed by atoms with van der Waals surface area (Å²) in [6, 6.07) is 12.2. The Morgan fingerprint density at radius 3 is 2.46 bits per heavy atom. The van der Waals surface area contributed by atoms with Crippen LogP contribution in [0.5, 0.6) is 0 Å². The number of imidazole rings is 1. The molecule has 0 saturated carbocycles. The minimum Gasteiger partial charge on any atom is -0.355 e. The third-order valence-corrected chi connectivity index (χ3v) is 4.33. The molecule has 0 fully saturated rings. The third kappa shape index (κ3) is 4.65. The maximum atomic E-state index is 12.1. The van der Waals surface area contributed by atoms with Gasteiger partial charge in [0.15, 0.2) is 0 Å². The van der Waals surface area contributed by atoms with E-state index in [1.54, 1.807) is 6.08 Å². The van der Waals surface area contributed by atoms with Gasteiger partial charge in [0.1, 0.15) is 5.65 Å². The molecule has 0 aliphatic heterocycles. The van der Waals surface area contributed by atoms with Gasteiger partial charge in [-0.25, -0.2) is 4.98 Å². The number of carbonyl (C=O) groups excluding carboxylic acids is 2. The van der Waals surface area contributed by atoms with Crippen LogP contribution in [0.2, 0.25) is 0 Å². The molecule has 0 atom stereocenters. The van der Waals surface area contributed by atoms with E-state index < -0.39 is 0 Å². The molecular weight excluding hydrogens is 352 g/mol. The zero-order valence-corrected chi connectivity index (χ0v) is 16.3. The van der Waals surface area contributed by atoms with Crippen LogP contribution in [-0.2, 0) is 9.59 Å². The third-order valence-electron chi connectivity index (χ3n) is 4.33. The molecule has 0 radical (unpaired) electrons. The summed E-state index contributed by atoms with van der Waals surface area (Å²) < 4.78 is 1.98. The Balaban J connectivity index is 1.88. The summed E-state index contributed by atoms with van der Waals surface area (Å²) in [5.41, 5.74) is 5.81. The monoisotopic (exact) mass is 376 g/mol. The lowest BCUT2D eigenvalue weighted by atomic mass is 10.1. The Kier molecular flexibility index (Phi) is 5.89. The van der Waals surface area contributed by atoms with Crippen molar-refractivity contribution in [3.05, 3.63) is 65.5 Å². The molecule has 2 aromatic heterocycles. The molecule has 1 aromatic carbocycles. The van der Waals surface area contributed by atoms with Crippen LogP contribution in [0.15, 0.2) is 48.7 Å². The molecule has 144 valence electrons. The maximum absolute atomic E-state index is 12.1. The highest BCUT2D eigenvalue weighted by molar-refractivity contribution is 5.92. The van der Waals surface area contributed by atoms with Crippen molar-refractivity contribution in [1.82, 2.24) is 20.0 Å². The summed E-state index contributed by atoms with van der Waals surface area (Å²) in [6.07, 6.45) is 5.23. The molecule has 6 heteroatoms. The van der Waals surface area contributed by atoms with E-state index in [0.717, 1.165) is 28.2 Å². The van der Waals surface area contributed by atoms with Crippen LogP contribution in [0.1, 0.15) is 23.7 Å². The van der Waals surface area contributed by atoms with Crippen LogP contribution in [0, 0.1) is 13.8 Å². The van der Waals surface area contributed by atoms with E-state index in [0.29, 0.717) is 13.1 Å². The molecule has 0 spiro atoms. The molecule has 28 heavy (non-hydrogen) atoms. The number of hydrogen-bond donors (Lipinski definition) is 2. The lowest BCUT2D eigenvalue weighted by Crippen LogP contribution is -2.32. The molecule has 0 saturated heterocycles. The number of benzene rings is 1. The number of carbonyl (C=O) groups is 2. The Bertz CT molecular complexity index is 1030. The van der Waals surface area contributed by atoms with Crippen molar-refractivity contribution in [2.45, 2.75) is 20.8 Å². The van der Waals surface area contributed by atoms with Crippen LogP contribution < -0.4 is 10.6 Å². The van der Waals surface area contributed by atoms with Crippen LogP contribution in [0.3, 0.4) is 0 Å². The summed E-state index contributed by atoms with van der Waals surface area (Å²) in [6.45, 7) is 6.29. The van der Waals surface area contributed by atoms with Crippen molar-refractivity contribution in [3.8, 4) is 11.3 Å². The van der Waals surface area contributed by atoms with E-state index in [2.05, 4.69) is 10.6 Å². The van der Waals surface area contributed by atoms with E-state index in [1.807, 2.05) is 60.8 Å². The first-order valence-corrected chi connectivity index (χ1v) is 9.20. The van der Waals surface area contributed by atoms with Gasteiger partial charge in [0.05, 0.1) is 11.4 Å². The number of hydrogen-bond acceptors (Lipinski definition) is 3. The Morgan fingerprint density at radius 2 is 1.75 bits per heavy atom. The second kappa shape index (κ2) is 8.52.